The number of rotatable bonds is 3. The first kappa shape index (κ1) is 7.91. The second kappa shape index (κ2) is 2.82. The fraction of sp³-hybridized carbons (Fsp3) is 0.571. The van der Waals surface area contributed by atoms with Crippen molar-refractivity contribution in [3.8, 4) is 0 Å². The van der Waals surface area contributed by atoms with Gasteiger partial charge in [0.25, 0.3) is 0 Å². The fourth-order valence-corrected chi connectivity index (χ4v) is 0.829. The van der Waals surface area contributed by atoms with Crippen molar-refractivity contribution in [2.75, 3.05) is 0 Å². The summed E-state index contributed by atoms with van der Waals surface area (Å²) >= 11 is 0. The lowest BCUT2D eigenvalue weighted by Gasteiger charge is -2.21. The maximum Gasteiger partial charge on any atom is 0.122 e. The molecule has 0 aromatic carbocycles. The van der Waals surface area contributed by atoms with Gasteiger partial charge in [0.2, 0.25) is 0 Å². The smallest absolute Gasteiger partial charge is 0.122 e. The molecule has 0 amide bonds. The molecular formula is C7H11N3O. The van der Waals surface area contributed by atoms with E-state index < -0.39 is 0 Å². The number of aldehydes is 1. The number of hydrogen-bond acceptors (Lipinski definition) is 3. The molecule has 1 aromatic heterocycles. The Morgan fingerprint density at radius 1 is 1.64 bits per heavy atom. The lowest BCUT2D eigenvalue weighted by atomic mass is 10.0. The summed E-state index contributed by atoms with van der Waals surface area (Å²) in [7, 11) is 0. The average molecular weight is 153 g/mol. The molecule has 0 atom stereocenters. The molecule has 1 rings (SSSR count). The van der Waals surface area contributed by atoms with Crippen molar-refractivity contribution in [3.63, 3.8) is 0 Å². The lowest BCUT2D eigenvalue weighted by Crippen LogP contribution is -2.27. The summed E-state index contributed by atoms with van der Waals surface area (Å²) in [5.41, 5.74) is -0.252. The summed E-state index contributed by atoms with van der Waals surface area (Å²) in [4.78, 5) is 10.3. The molecule has 0 unspecified atom stereocenters. The lowest BCUT2D eigenvalue weighted by molar-refractivity contribution is -0.109. The molecular weight excluding hydrogens is 142 g/mol. The Morgan fingerprint density at radius 3 is 2.82 bits per heavy atom. The topological polar surface area (TPSA) is 47.8 Å². The first-order valence-electron chi connectivity index (χ1n) is 3.47. The van der Waals surface area contributed by atoms with E-state index in [2.05, 4.69) is 10.3 Å². The first-order valence-corrected chi connectivity index (χ1v) is 3.47. The minimum Gasteiger partial charge on any atom is -0.303 e. The van der Waals surface area contributed by atoms with Gasteiger partial charge < -0.3 is 4.79 Å². The van der Waals surface area contributed by atoms with E-state index in [1.54, 1.807) is 17.1 Å². The Bertz CT molecular complexity index is 228. The van der Waals surface area contributed by atoms with Crippen LogP contribution in [0, 0.1) is 0 Å². The summed E-state index contributed by atoms with van der Waals surface area (Å²) < 4.78 is 1.68. The molecule has 0 spiro atoms. The van der Waals surface area contributed by atoms with Crippen molar-refractivity contribution in [3.05, 3.63) is 12.4 Å². The summed E-state index contributed by atoms with van der Waals surface area (Å²) in [5, 5.41) is 7.48. The largest absolute Gasteiger partial charge is 0.303 e. The maximum absolute atomic E-state index is 10.3. The number of carbonyl (C=O) groups is 1. The van der Waals surface area contributed by atoms with Crippen molar-refractivity contribution >= 4 is 6.29 Å². The van der Waals surface area contributed by atoms with Gasteiger partial charge in [0.05, 0.1) is 11.7 Å². The molecule has 4 nitrogen and oxygen atoms in total. The highest BCUT2D eigenvalue weighted by Gasteiger charge is 2.19. The van der Waals surface area contributed by atoms with Crippen LogP contribution in [-0.2, 0) is 10.3 Å². The van der Waals surface area contributed by atoms with Gasteiger partial charge in [-0.25, -0.2) is 4.68 Å². The Morgan fingerprint density at radius 2 is 2.36 bits per heavy atom. The van der Waals surface area contributed by atoms with E-state index in [1.807, 2.05) is 13.8 Å². The molecule has 0 radical (unpaired) electrons. The van der Waals surface area contributed by atoms with Crippen LogP contribution in [0.25, 0.3) is 0 Å². The van der Waals surface area contributed by atoms with Gasteiger partial charge in [-0.2, -0.15) is 0 Å². The average Bonchev–Trinajstić information content (AvgIpc) is 2.37. The third kappa shape index (κ3) is 1.63. The summed E-state index contributed by atoms with van der Waals surface area (Å²) in [6.45, 7) is 3.88. The minimum atomic E-state index is -0.252. The zero-order valence-electron chi connectivity index (χ0n) is 6.69. The standard InChI is InChI=1S/C7H11N3O/c1-7(2,3-6-11)10-5-4-8-9-10/h4-6H,3H2,1-2H3. The van der Waals surface area contributed by atoms with Crippen LogP contribution in [-0.4, -0.2) is 21.3 Å². The monoisotopic (exact) mass is 153 g/mol. The molecule has 0 aliphatic rings. The van der Waals surface area contributed by atoms with Crippen LogP contribution in [0.5, 0.6) is 0 Å². The van der Waals surface area contributed by atoms with Crippen LogP contribution in [0.2, 0.25) is 0 Å². The number of aromatic nitrogens is 3. The number of carbonyl (C=O) groups excluding carboxylic acids is 1. The maximum atomic E-state index is 10.3. The fourth-order valence-electron chi connectivity index (χ4n) is 0.829. The molecule has 1 aromatic rings. The second-order valence-electron chi connectivity index (χ2n) is 3.03. The minimum absolute atomic E-state index is 0.252. The number of nitrogens with zero attached hydrogens (tertiary/aromatic N) is 3. The van der Waals surface area contributed by atoms with E-state index in [0.29, 0.717) is 6.42 Å². The molecule has 60 valence electrons. The Kier molecular flexibility index (Phi) is 2.03. The third-order valence-corrected chi connectivity index (χ3v) is 1.63. The molecule has 11 heavy (non-hydrogen) atoms. The van der Waals surface area contributed by atoms with Gasteiger partial charge in [0.1, 0.15) is 6.29 Å². The van der Waals surface area contributed by atoms with Gasteiger partial charge in [-0.3, -0.25) is 0 Å². The van der Waals surface area contributed by atoms with Crippen LogP contribution in [0.1, 0.15) is 20.3 Å². The van der Waals surface area contributed by atoms with E-state index in [1.165, 1.54) is 0 Å². The number of hydrogen-bond donors (Lipinski definition) is 0. The highest BCUT2D eigenvalue weighted by molar-refractivity contribution is 5.50. The van der Waals surface area contributed by atoms with Crippen LogP contribution in [0.3, 0.4) is 0 Å². The van der Waals surface area contributed by atoms with Gasteiger partial charge in [-0.15, -0.1) is 5.10 Å². The molecule has 0 bridgehead atoms. The normalized spacial score (nSPS) is 11.5. The van der Waals surface area contributed by atoms with E-state index in [4.69, 9.17) is 0 Å². The van der Waals surface area contributed by atoms with E-state index >= 15 is 0 Å². The molecule has 0 saturated heterocycles. The first-order chi connectivity index (χ1) is 5.17. The Labute approximate surface area is 65.2 Å². The SMILES string of the molecule is CC(C)(CC=O)n1ccnn1. The highest BCUT2D eigenvalue weighted by atomic mass is 16.1. The molecule has 1 heterocycles. The second-order valence-corrected chi connectivity index (χ2v) is 3.03. The molecule has 0 saturated carbocycles. The van der Waals surface area contributed by atoms with Crippen LogP contribution < -0.4 is 0 Å². The van der Waals surface area contributed by atoms with Gasteiger partial charge in [-0.1, -0.05) is 5.21 Å². The van der Waals surface area contributed by atoms with Crippen molar-refractivity contribution < 1.29 is 4.79 Å². The Hall–Kier alpha value is -1.19. The zero-order valence-corrected chi connectivity index (χ0v) is 6.69. The summed E-state index contributed by atoms with van der Waals surface area (Å²) in [6.07, 6.45) is 4.70. The summed E-state index contributed by atoms with van der Waals surface area (Å²) in [5.74, 6) is 0. The van der Waals surface area contributed by atoms with Gasteiger partial charge >= 0.3 is 0 Å². The molecule has 0 N–H and O–H groups in total. The van der Waals surface area contributed by atoms with E-state index in [-0.39, 0.29) is 5.54 Å². The van der Waals surface area contributed by atoms with Crippen molar-refractivity contribution in [2.45, 2.75) is 25.8 Å². The van der Waals surface area contributed by atoms with Crippen LogP contribution in [0.15, 0.2) is 12.4 Å². The van der Waals surface area contributed by atoms with E-state index in [9.17, 15) is 4.79 Å². The molecule has 4 heteroatoms. The third-order valence-electron chi connectivity index (χ3n) is 1.63. The molecule has 0 aliphatic carbocycles. The Balaban J connectivity index is 2.81. The quantitative estimate of drug-likeness (QED) is 0.597. The van der Waals surface area contributed by atoms with Gasteiger partial charge in [0, 0.05) is 12.6 Å². The highest BCUT2D eigenvalue weighted by Crippen LogP contribution is 2.15. The van der Waals surface area contributed by atoms with Gasteiger partial charge in [0.15, 0.2) is 0 Å². The van der Waals surface area contributed by atoms with Crippen molar-refractivity contribution in [1.82, 2.24) is 15.0 Å². The molecule has 0 aliphatic heterocycles. The molecule has 0 fully saturated rings. The van der Waals surface area contributed by atoms with Crippen molar-refractivity contribution in [2.24, 2.45) is 0 Å². The van der Waals surface area contributed by atoms with Gasteiger partial charge in [-0.05, 0) is 13.8 Å². The predicted octanol–water partition coefficient (Wildman–Crippen LogP) is 0.602. The van der Waals surface area contributed by atoms with E-state index in [0.717, 1.165) is 6.29 Å². The van der Waals surface area contributed by atoms with Crippen LogP contribution in [0.4, 0.5) is 0 Å². The van der Waals surface area contributed by atoms with Crippen molar-refractivity contribution in [1.29, 1.82) is 0 Å². The predicted molar refractivity (Wildman–Crippen MR) is 40.0 cm³/mol. The summed E-state index contributed by atoms with van der Waals surface area (Å²) in [6, 6.07) is 0. The zero-order chi connectivity index (χ0) is 8.32. The van der Waals surface area contributed by atoms with Crippen LogP contribution >= 0.6 is 0 Å².